The molecular weight excluding hydrogens is 368 g/mol. The van der Waals surface area contributed by atoms with Gasteiger partial charge >= 0.3 is 6.03 Å². The third-order valence-electron chi connectivity index (χ3n) is 4.78. The minimum absolute atomic E-state index is 0.00329. The normalized spacial score (nSPS) is 17.6. The van der Waals surface area contributed by atoms with E-state index >= 15 is 0 Å². The predicted molar refractivity (Wildman–Crippen MR) is 116 cm³/mol. The first-order chi connectivity index (χ1) is 13.8. The van der Waals surface area contributed by atoms with Crippen molar-refractivity contribution in [1.82, 2.24) is 10.2 Å². The number of hydrogen-bond donors (Lipinski definition) is 1. The summed E-state index contributed by atoms with van der Waals surface area (Å²) in [6, 6.07) is 20.4. The molecule has 148 valence electrons. The molecule has 5 heteroatoms. The van der Waals surface area contributed by atoms with Crippen LogP contribution >= 0.6 is 11.8 Å². The number of urea groups is 1. The molecule has 2 amide bonds. The zero-order valence-electron chi connectivity index (χ0n) is 16.3. The van der Waals surface area contributed by atoms with Crippen LogP contribution in [-0.4, -0.2) is 36.4 Å². The van der Waals surface area contributed by atoms with Crippen LogP contribution < -0.4 is 5.32 Å². The van der Waals surface area contributed by atoms with Gasteiger partial charge in [0.05, 0.1) is 0 Å². The molecule has 0 saturated carbocycles. The summed E-state index contributed by atoms with van der Waals surface area (Å²) >= 11 is 1.86. The highest BCUT2D eigenvalue weighted by atomic mass is 32.2. The Hall–Kier alpha value is -2.24. The number of rotatable bonds is 8. The lowest BCUT2D eigenvalue weighted by molar-refractivity contribution is 0.177. The van der Waals surface area contributed by atoms with E-state index in [-0.39, 0.29) is 12.1 Å². The van der Waals surface area contributed by atoms with Crippen molar-refractivity contribution in [1.29, 1.82) is 0 Å². The third kappa shape index (κ3) is 6.14. The Balaban J connectivity index is 1.66. The van der Waals surface area contributed by atoms with Gasteiger partial charge in [0, 0.05) is 38.6 Å². The van der Waals surface area contributed by atoms with Crippen molar-refractivity contribution in [3.05, 3.63) is 82.8 Å². The molecule has 28 heavy (non-hydrogen) atoms. The number of carbonyl (C=O) groups is 1. The molecule has 4 nitrogen and oxygen atoms in total. The van der Waals surface area contributed by atoms with E-state index in [4.69, 9.17) is 4.74 Å². The average molecular weight is 397 g/mol. The van der Waals surface area contributed by atoms with Gasteiger partial charge in [0.25, 0.3) is 0 Å². The monoisotopic (exact) mass is 396 g/mol. The lowest BCUT2D eigenvalue weighted by Gasteiger charge is -2.29. The Morgan fingerprint density at radius 2 is 1.82 bits per heavy atom. The van der Waals surface area contributed by atoms with E-state index in [1.165, 1.54) is 4.91 Å². The summed E-state index contributed by atoms with van der Waals surface area (Å²) in [5, 5.41) is 3.10. The summed E-state index contributed by atoms with van der Waals surface area (Å²) in [5.74, 6) is 0.935. The molecule has 0 radical (unpaired) electrons. The second kappa shape index (κ2) is 10.9. The van der Waals surface area contributed by atoms with Gasteiger partial charge in [0.1, 0.15) is 0 Å². The molecule has 0 bridgehead atoms. The zero-order valence-corrected chi connectivity index (χ0v) is 17.2. The van der Waals surface area contributed by atoms with Crippen LogP contribution in [-0.2, 0) is 17.8 Å². The first-order valence-electron chi connectivity index (χ1n) is 9.69. The van der Waals surface area contributed by atoms with Gasteiger partial charge < -0.3 is 15.0 Å². The van der Waals surface area contributed by atoms with Gasteiger partial charge in [-0.05, 0) is 28.9 Å². The van der Waals surface area contributed by atoms with E-state index in [0.29, 0.717) is 13.1 Å². The maximum Gasteiger partial charge on any atom is 0.318 e. The SMILES string of the molecule is COCC/C=C1/C[C@@H](N(Cc2ccccc2)C(=O)NCc2ccccc2)CS1. The molecule has 1 heterocycles. The minimum Gasteiger partial charge on any atom is -0.384 e. The molecule has 2 aromatic carbocycles. The first-order valence-corrected chi connectivity index (χ1v) is 10.7. The van der Waals surface area contributed by atoms with Gasteiger partial charge in [-0.2, -0.15) is 0 Å². The first kappa shape index (κ1) is 20.5. The van der Waals surface area contributed by atoms with Crippen LogP contribution in [0, 0.1) is 0 Å². The summed E-state index contributed by atoms with van der Waals surface area (Å²) in [6.07, 6.45) is 4.08. The predicted octanol–water partition coefficient (Wildman–Crippen LogP) is 4.82. The summed E-state index contributed by atoms with van der Waals surface area (Å²) in [7, 11) is 1.72. The molecule has 0 unspecified atom stereocenters. The van der Waals surface area contributed by atoms with Crippen LogP contribution in [0.3, 0.4) is 0 Å². The highest BCUT2D eigenvalue weighted by Gasteiger charge is 2.29. The van der Waals surface area contributed by atoms with Gasteiger partial charge in [0.2, 0.25) is 0 Å². The third-order valence-corrected chi connectivity index (χ3v) is 6.03. The number of nitrogens with one attached hydrogen (secondary N) is 1. The van der Waals surface area contributed by atoms with Crippen molar-refractivity contribution in [3.63, 3.8) is 0 Å². The van der Waals surface area contributed by atoms with Gasteiger partial charge in [-0.3, -0.25) is 0 Å². The maximum atomic E-state index is 13.0. The molecule has 0 aliphatic carbocycles. The molecule has 1 fully saturated rings. The molecular formula is C23H28N2O2S. The zero-order chi connectivity index (χ0) is 19.6. The van der Waals surface area contributed by atoms with Crippen molar-refractivity contribution in [2.24, 2.45) is 0 Å². The fourth-order valence-corrected chi connectivity index (χ4v) is 4.51. The lowest BCUT2D eigenvalue weighted by atomic mass is 10.1. The van der Waals surface area contributed by atoms with Crippen LogP contribution in [0.1, 0.15) is 24.0 Å². The molecule has 1 N–H and O–H groups in total. The van der Waals surface area contributed by atoms with Crippen LogP contribution in [0.25, 0.3) is 0 Å². The van der Waals surface area contributed by atoms with E-state index in [0.717, 1.165) is 36.3 Å². The Bertz CT molecular complexity index is 765. The van der Waals surface area contributed by atoms with Crippen molar-refractivity contribution in [2.75, 3.05) is 19.5 Å². The van der Waals surface area contributed by atoms with Crippen molar-refractivity contribution in [3.8, 4) is 0 Å². The number of benzene rings is 2. The standard InChI is InChI=1S/C23H28N2O2S/c1-27-14-8-13-22-15-21(18-28-22)25(17-20-11-6-3-7-12-20)23(26)24-16-19-9-4-2-5-10-19/h2-7,9-13,21H,8,14-18H2,1H3,(H,24,26)/b22-13-/t21-/m1/s1. The number of ether oxygens (including phenoxy) is 1. The largest absolute Gasteiger partial charge is 0.384 e. The average Bonchev–Trinajstić information content (AvgIpc) is 3.20. The number of hydrogen-bond acceptors (Lipinski definition) is 3. The van der Waals surface area contributed by atoms with E-state index in [9.17, 15) is 4.79 Å². The number of thioether (sulfide) groups is 1. The van der Waals surface area contributed by atoms with Gasteiger partial charge in [-0.15, -0.1) is 11.8 Å². The maximum absolute atomic E-state index is 13.0. The molecule has 1 saturated heterocycles. The lowest BCUT2D eigenvalue weighted by Crippen LogP contribution is -2.45. The van der Waals surface area contributed by atoms with Crippen LogP contribution in [0.5, 0.6) is 0 Å². The number of amides is 2. The highest BCUT2D eigenvalue weighted by Crippen LogP contribution is 2.34. The quantitative estimate of drug-likeness (QED) is 0.650. The summed E-state index contributed by atoms with van der Waals surface area (Å²) in [5.41, 5.74) is 2.26. The van der Waals surface area contributed by atoms with Gasteiger partial charge in [-0.1, -0.05) is 66.7 Å². The number of carbonyl (C=O) groups excluding carboxylic acids is 1. The van der Waals surface area contributed by atoms with Crippen molar-refractivity contribution < 1.29 is 9.53 Å². The van der Waals surface area contributed by atoms with Crippen molar-refractivity contribution in [2.45, 2.75) is 32.0 Å². The summed E-state index contributed by atoms with van der Waals surface area (Å²) < 4.78 is 5.14. The summed E-state index contributed by atoms with van der Waals surface area (Å²) in [4.78, 5) is 16.4. The van der Waals surface area contributed by atoms with Gasteiger partial charge in [0.15, 0.2) is 0 Å². The van der Waals surface area contributed by atoms with E-state index in [2.05, 4.69) is 23.5 Å². The minimum atomic E-state index is -0.00329. The fourth-order valence-electron chi connectivity index (χ4n) is 3.26. The summed E-state index contributed by atoms with van der Waals surface area (Å²) in [6.45, 7) is 1.90. The molecule has 1 aliphatic rings. The van der Waals surface area contributed by atoms with Gasteiger partial charge in [-0.25, -0.2) is 4.79 Å². The molecule has 1 aliphatic heterocycles. The van der Waals surface area contributed by atoms with Crippen molar-refractivity contribution >= 4 is 17.8 Å². The second-order valence-corrected chi connectivity index (χ2v) is 8.03. The Morgan fingerprint density at radius 1 is 1.14 bits per heavy atom. The number of nitrogens with zero attached hydrogens (tertiary/aromatic N) is 1. The van der Waals surface area contributed by atoms with E-state index < -0.39 is 0 Å². The Kier molecular flexibility index (Phi) is 8.00. The number of methoxy groups -OCH3 is 1. The highest BCUT2D eigenvalue weighted by molar-refractivity contribution is 8.03. The smallest absolute Gasteiger partial charge is 0.318 e. The van der Waals surface area contributed by atoms with Crippen LogP contribution in [0.2, 0.25) is 0 Å². The van der Waals surface area contributed by atoms with Crippen LogP contribution in [0.15, 0.2) is 71.6 Å². The van der Waals surface area contributed by atoms with Crippen LogP contribution in [0.4, 0.5) is 4.79 Å². The Morgan fingerprint density at radius 3 is 2.50 bits per heavy atom. The Labute approximate surface area is 172 Å². The molecule has 2 aromatic rings. The topological polar surface area (TPSA) is 41.6 Å². The second-order valence-electron chi connectivity index (χ2n) is 6.88. The molecule has 0 aromatic heterocycles. The molecule has 0 spiro atoms. The van der Waals surface area contributed by atoms with E-state index in [1.807, 2.05) is 65.2 Å². The molecule has 3 rings (SSSR count). The molecule has 1 atom stereocenters. The van der Waals surface area contributed by atoms with E-state index in [1.54, 1.807) is 7.11 Å². The fraction of sp³-hybridized carbons (Fsp3) is 0.348.